The molecule has 0 aliphatic rings. The second-order valence-electron chi connectivity index (χ2n) is 7.11. The van der Waals surface area contributed by atoms with Crippen molar-refractivity contribution >= 4 is 11.3 Å². The van der Waals surface area contributed by atoms with Gasteiger partial charge in [-0.25, -0.2) is 0 Å². The molecule has 0 nitrogen and oxygen atoms in total. The third kappa shape index (κ3) is 11.8. The molecule has 0 saturated heterocycles. The number of aryl methyl sites for hydroxylation is 2. The van der Waals surface area contributed by atoms with Crippen LogP contribution in [0.3, 0.4) is 0 Å². The van der Waals surface area contributed by atoms with Gasteiger partial charge >= 0.3 is 0 Å². The van der Waals surface area contributed by atoms with Gasteiger partial charge in [-0.05, 0) is 37.8 Å². The van der Waals surface area contributed by atoms with Crippen LogP contribution in [0.4, 0.5) is 0 Å². The highest BCUT2D eigenvalue weighted by molar-refractivity contribution is 7.11. The predicted molar refractivity (Wildman–Crippen MR) is 108 cm³/mol. The Kier molecular flexibility index (Phi) is 13.7. The number of rotatable bonds is 16. The van der Waals surface area contributed by atoms with Gasteiger partial charge in [0, 0.05) is 9.75 Å². The predicted octanol–water partition coefficient (Wildman–Crippen LogP) is 8.33. The molecular weight excluding hydrogens is 296 g/mol. The molecule has 1 aromatic rings. The largest absolute Gasteiger partial charge is 0.145 e. The van der Waals surface area contributed by atoms with E-state index in [0.29, 0.717) is 0 Å². The Morgan fingerprint density at radius 2 is 0.870 bits per heavy atom. The molecule has 1 heterocycles. The van der Waals surface area contributed by atoms with Crippen molar-refractivity contribution in [3.63, 3.8) is 0 Å². The van der Waals surface area contributed by atoms with Gasteiger partial charge in [-0.3, -0.25) is 0 Å². The van der Waals surface area contributed by atoms with E-state index in [0.717, 1.165) is 0 Å². The van der Waals surface area contributed by atoms with E-state index in [1.165, 1.54) is 103 Å². The second-order valence-corrected chi connectivity index (χ2v) is 8.36. The van der Waals surface area contributed by atoms with Gasteiger partial charge in [0.15, 0.2) is 0 Å². The molecule has 0 bridgehead atoms. The van der Waals surface area contributed by atoms with Crippen LogP contribution in [-0.2, 0) is 12.8 Å². The Bertz CT molecular complexity index is 353. The van der Waals surface area contributed by atoms with Gasteiger partial charge in [0.1, 0.15) is 0 Å². The zero-order valence-electron chi connectivity index (χ0n) is 15.9. The molecule has 0 aromatic carbocycles. The lowest BCUT2D eigenvalue weighted by Gasteiger charge is -2.02. The maximum Gasteiger partial charge on any atom is 0.00481 e. The van der Waals surface area contributed by atoms with E-state index in [1.54, 1.807) is 9.75 Å². The van der Waals surface area contributed by atoms with Crippen LogP contribution in [0.5, 0.6) is 0 Å². The smallest absolute Gasteiger partial charge is 0.00481 e. The van der Waals surface area contributed by atoms with Crippen LogP contribution < -0.4 is 0 Å². The zero-order valence-corrected chi connectivity index (χ0v) is 16.7. The Hall–Kier alpha value is -0.300. The monoisotopic (exact) mass is 336 g/mol. The van der Waals surface area contributed by atoms with Crippen LogP contribution in [0.1, 0.15) is 113 Å². The number of thiophene rings is 1. The first-order chi connectivity index (χ1) is 11.4. The Morgan fingerprint density at radius 1 is 0.522 bits per heavy atom. The molecule has 0 amide bonds. The number of hydrogen-bond donors (Lipinski definition) is 0. The summed E-state index contributed by atoms with van der Waals surface area (Å²) >= 11 is 2.07. The quantitative estimate of drug-likeness (QED) is 0.266. The van der Waals surface area contributed by atoms with Crippen LogP contribution >= 0.6 is 11.3 Å². The summed E-state index contributed by atoms with van der Waals surface area (Å²) in [5.41, 5.74) is 0. The van der Waals surface area contributed by atoms with E-state index in [4.69, 9.17) is 0 Å². The van der Waals surface area contributed by atoms with Gasteiger partial charge in [0.25, 0.3) is 0 Å². The Balaban J connectivity index is 1.92. The highest BCUT2D eigenvalue weighted by Crippen LogP contribution is 2.21. The van der Waals surface area contributed by atoms with Gasteiger partial charge in [-0.15, -0.1) is 11.3 Å². The maximum absolute atomic E-state index is 2.38. The SMILES string of the molecule is CCCCCCCCCCCCc1ccc(CCCCCC)s1. The fourth-order valence-electron chi connectivity index (χ4n) is 3.20. The molecule has 1 rings (SSSR count). The van der Waals surface area contributed by atoms with Crippen molar-refractivity contribution in [2.45, 2.75) is 117 Å². The molecule has 1 heteroatoms. The molecule has 0 atom stereocenters. The zero-order chi connectivity index (χ0) is 16.6. The van der Waals surface area contributed by atoms with Crippen LogP contribution in [0, 0.1) is 0 Å². The standard InChI is InChI=1S/C22H40S/c1-3-5-7-9-10-11-12-13-14-16-18-22-20-19-21(23-22)17-15-8-6-4-2/h19-20H,3-18H2,1-2H3. The van der Waals surface area contributed by atoms with Crippen LogP contribution in [0.25, 0.3) is 0 Å². The highest BCUT2D eigenvalue weighted by atomic mass is 32.1. The maximum atomic E-state index is 2.38. The first-order valence-electron chi connectivity index (χ1n) is 10.4. The van der Waals surface area contributed by atoms with Crippen molar-refractivity contribution < 1.29 is 0 Å². The number of unbranched alkanes of at least 4 members (excludes halogenated alkanes) is 12. The average Bonchev–Trinajstić information content (AvgIpc) is 3.01. The highest BCUT2D eigenvalue weighted by Gasteiger charge is 2.01. The molecule has 0 saturated carbocycles. The molecule has 23 heavy (non-hydrogen) atoms. The third-order valence-corrected chi connectivity index (χ3v) is 5.98. The summed E-state index contributed by atoms with van der Waals surface area (Å²) in [6, 6.07) is 4.76. The second kappa shape index (κ2) is 15.2. The Morgan fingerprint density at radius 3 is 1.30 bits per heavy atom. The van der Waals surface area contributed by atoms with Crippen LogP contribution in [0.2, 0.25) is 0 Å². The van der Waals surface area contributed by atoms with Gasteiger partial charge in [0.05, 0.1) is 0 Å². The summed E-state index contributed by atoms with van der Waals surface area (Å²) in [6.45, 7) is 4.58. The molecule has 0 fully saturated rings. The van der Waals surface area contributed by atoms with Gasteiger partial charge in [-0.2, -0.15) is 0 Å². The van der Waals surface area contributed by atoms with Crippen molar-refractivity contribution in [1.82, 2.24) is 0 Å². The van der Waals surface area contributed by atoms with Crippen LogP contribution in [-0.4, -0.2) is 0 Å². The summed E-state index contributed by atoms with van der Waals surface area (Å²) in [5.74, 6) is 0. The van der Waals surface area contributed by atoms with E-state index in [1.807, 2.05) is 0 Å². The summed E-state index contributed by atoms with van der Waals surface area (Å²) in [7, 11) is 0. The fourth-order valence-corrected chi connectivity index (χ4v) is 4.31. The number of hydrogen-bond acceptors (Lipinski definition) is 1. The third-order valence-electron chi connectivity index (χ3n) is 4.77. The van der Waals surface area contributed by atoms with Crippen molar-refractivity contribution in [2.24, 2.45) is 0 Å². The minimum Gasteiger partial charge on any atom is -0.145 e. The summed E-state index contributed by atoms with van der Waals surface area (Å²) in [5, 5.41) is 0. The van der Waals surface area contributed by atoms with Crippen molar-refractivity contribution in [1.29, 1.82) is 0 Å². The van der Waals surface area contributed by atoms with E-state index < -0.39 is 0 Å². The molecule has 0 radical (unpaired) electrons. The average molecular weight is 337 g/mol. The lowest BCUT2D eigenvalue weighted by atomic mass is 10.1. The molecule has 0 unspecified atom stereocenters. The molecule has 134 valence electrons. The van der Waals surface area contributed by atoms with Crippen molar-refractivity contribution in [3.8, 4) is 0 Å². The minimum absolute atomic E-state index is 1.31. The molecule has 0 aliphatic heterocycles. The fraction of sp³-hybridized carbons (Fsp3) is 0.818. The summed E-state index contributed by atoms with van der Waals surface area (Å²) in [4.78, 5) is 3.23. The van der Waals surface area contributed by atoms with E-state index in [2.05, 4.69) is 37.3 Å². The Labute approximate surface area is 150 Å². The molecule has 1 aromatic heterocycles. The van der Waals surface area contributed by atoms with Crippen LogP contribution in [0.15, 0.2) is 12.1 Å². The lowest BCUT2D eigenvalue weighted by molar-refractivity contribution is 0.557. The molecule has 0 aliphatic carbocycles. The van der Waals surface area contributed by atoms with E-state index in [-0.39, 0.29) is 0 Å². The van der Waals surface area contributed by atoms with E-state index in [9.17, 15) is 0 Å². The molecular formula is C22H40S. The van der Waals surface area contributed by atoms with Gasteiger partial charge in [0.2, 0.25) is 0 Å². The first kappa shape index (κ1) is 20.7. The van der Waals surface area contributed by atoms with E-state index >= 15 is 0 Å². The molecule has 0 spiro atoms. The van der Waals surface area contributed by atoms with Gasteiger partial charge < -0.3 is 0 Å². The topological polar surface area (TPSA) is 0 Å². The first-order valence-corrected chi connectivity index (χ1v) is 11.3. The van der Waals surface area contributed by atoms with Crippen molar-refractivity contribution in [3.05, 3.63) is 21.9 Å². The molecule has 0 N–H and O–H groups in total. The lowest BCUT2D eigenvalue weighted by Crippen LogP contribution is -1.84. The minimum atomic E-state index is 1.31. The van der Waals surface area contributed by atoms with Crippen molar-refractivity contribution in [2.75, 3.05) is 0 Å². The normalized spacial score (nSPS) is 11.2. The van der Waals surface area contributed by atoms with Gasteiger partial charge in [-0.1, -0.05) is 90.9 Å². The summed E-state index contributed by atoms with van der Waals surface area (Å²) < 4.78 is 0. The summed E-state index contributed by atoms with van der Waals surface area (Å²) in [6.07, 6.45) is 22.5.